The van der Waals surface area contributed by atoms with Crippen LogP contribution in [0.25, 0.3) is 0 Å². The molecule has 2 saturated carbocycles. The molecule has 0 saturated heterocycles. The van der Waals surface area contributed by atoms with E-state index in [0.717, 1.165) is 22.0 Å². The van der Waals surface area contributed by atoms with E-state index in [4.69, 9.17) is 0 Å². The molecule has 1 aromatic rings. The minimum Gasteiger partial charge on any atom is -0.393 e. The van der Waals surface area contributed by atoms with Crippen molar-refractivity contribution in [2.45, 2.75) is 158 Å². The van der Waals surface area contributed by atoms with Gasteiger partial charge < -0.3 is 5.11 Å². The summed E-state index contributed by atoms with van der Waals surface area (Å²) in [6.45, 7) is 18.7. The first kappa shape index (κ1) is 37.5. The monoisotopic (exact) mass is 643 g/mol. The molecule has 0 amide bonds. The van der Waals surface area contributed by atoms with Crippen molar-refractivity contribution in [1.29, 1.82) is 0 Å². The van der Waals surface area contributed by atoms with Gasteiger partial charge in [0.05, 0.1) is 17.8 Å². The molecule has 0 aliphatic heterocycles. The smallest absolute Gasteiger partial charge is 0.336 e. The van der Waals surface area contributed by atoms with Crippen LogP contribution in [0.5, 0.6) is 0 Å². The third kappa shape index (κ3) is 9.57. The quantitative estimate of drug-likeness (QED) is 0.160. The lowest BCUT2D eigenvalue weighted by molar-refractivity contribution is -0.0188. The lowest BCUT2D eigenvalue weighted by Gasteiger charge is -2.45. The van der Waals surface area contributed by atoms with Crippen LogP contribution in [0.4, 0.5) is 0 Å². The van der Waals surface area contributed by atoms with Gasteiger partial charge in [-0.15, -0.1) is 0 Å². The molecule has 0 bridgehead atoms. The maximum atomic E-state index is 14.1. The van der Waals surface area contributed by atoms with Crippen LogP contribution in [0.3, 0.4) is 0 Å². The lowest BCUT2D eigenvalue weighted by Crippen LogP contribution is -2.58. The average molecular weight is 644 g/mol. The van der Waals surface area contributed by atoms with Crippen molar-refractivity contribution in [3.8, 4) is 0 Å². The van der Waals surface area contributed by atoms with Crippen molar-refractivity contribution in [1.82, 2.24) is 13.7 Å². The highest BCUT2D eigenvalue weighted by molar-refractivity contribution is 5.37. The van der Waals surface area contributed by atoms with Gasteiger partial charge in [0.15, 0.2) is 0 Å². The predicted octanol–water partition coefficient (Wildman–Crippen LogP) is 5.93. The molecule has 2 aliphatic rings. The lowest BCUT2D eigenvalue weighted by atomic mass is 9.63. The number of isocyanates is 1. The molecule has 11 heteroatoms. The third-order valence-electron chi connectivity index (χ3n) is 9.97. The van der Waals surface area contributed by atoms with Gasteiger partial charge in [0, 0.05) is 19.6 Å². The number of carbonyl (C=O) groups excluding carboxylic acids is 1. The number of hydrogen-bond acceptors (Lipinski definition) is 8. The molecule has 46 heavy (non-hydrogen) atoms. The first-order chi connectivity index (χ1) is 21.2. The maximum Gasteiger partial charge on any atom is 0.336 e. The summed E-state index contributed by atoms with van der Waals surface area (Å²) in [7, 11) is 0. The summed E-state index contributed by atoms with van der Waals surface area (Å²) in [5.41, 5.74) is -3.13. The summed E-state index contributed by atoms with van der Waals surface area (Å²) >= 11 is 0. The van der Waals surface area contributed by atoms with Crippen LogP contribution in [-0.4, -0.2) is 37.0 Å². The van der Waals surface area contributed by atoms with Crippen molar-refractivity contribution in [2.75, 3.05) is 0 Å². The highest BCUT2D eigenvalue weighted by atomic mass is 16.3. The van der Waals surface area contributed by atoms with Crippen LogP contribution in [0.15, 0.2) is 36.3 Å². The number of nitrogens with zero attached hydrogens (tertiary/aromatic N) is 5. The fraction of sp³-hybridized carbons (Fsp3) is 0.829. The number of aromatic nitrogens is 3. The Hall–Kier alpha value is -2.91. The number of aliphatic hydroxyl groups is 1. The average Bonchev–Trinajstić information content (AvgIpc) is 2.88. The Morgan fingerprint density at radius 1 is 0.891 bits per heavy atom. The van der Waals surface area contributed by atoms with Gasteiger partial charge in [-0.1, -0.05) is 80.0 Å². The van der Waals surface area contributed by atoms with Gasteiger partial charge in [-0.25, -0.2) is 32.9 Å². The van der Waals surface area contributed by atoms with Gasteiger partial charge in [-0.05, 0) is 84.9 Å². The number of rotatable bonds is 13. The van der Waals surface area contributed by atoms with E-state index in [0.29, 0.717) is 50.6 Å². The molecule has 1 aromatic heterocycles. The fourth-order valence-electron chi connectivity index (χ4n) is 9.21. The van der Waals surface area contributed by atoms with Crippen LogP contribution >= 0.6 is 0 Å². The molecule has 11 nitrogen and oxygen atoms in total. The van der Waals surface area contributed by atoms with Crippen LogP contribution in [-0.2, 0) is 24.4 Å². The first-order valence-electron chi connectivity index (χ1n) is 16.9. The van der Waals surface area contributed by atoms with E-state index in [1.807, 2.05) is 13.8 Å². The van der Waals surface area contributed by atoms with E-state index in [9.17, 15) is 29.2 Å². The standard InChI is InChI=1S/C35H57N5O6/c1-10-13-31(2,3)15-25(36-24-41)12-11-14-38-28(43)39(22-34(8)17-26(37-46)16-32(4,5)20-34)30(45)40(29(38)44)23-35(9)19-27(42)18-33(6,7)21-35/h12,26-27,42H,10-11,13-23H2,1-9H3/b25-12+. The number of aliphatic hydroxyl groups excluding tert-OH is 1. The molecule has 2 aliphatic carbocycles. The van der Waals surface area contributed by atoms with E-state index >= 15 is 0 Å². The van der Waals surface area contributed by atoms with Crippen molar-refractivity contribution >= 4 is 6.08 Å². The van der Waals surface area contributed by atoms with Gasteiger partial charge in [0.2, 0.25) is 6.08 Å². The van der Waals surface area contributed by atoms with Crippen LogP contribution in [0.1, 0.15) is 127 Å². The van der Waals surface area contributed by atoms with E-state index in [2.05, 4.69) is 58.6 Å². The zero-order chi connectivity index (χ0) is 34.7. The summed E-state index contributed by atoms with van der Waals surface area (Å²) in [5, 5.41) is 14.1. The zero-order valence-electron chi connectivity index (χ0n) is 29.6. The molecular weight excluding hydrogens is 586 g/mol. The summed E-state index contributed by atoms with van der Waals surface area (Å²) in [5.74, 6) is 0. The van der Waals surface area contributed by atoms with Crippen LogP contribution < -0.4 is 17.1 Å². The van der Waals surface area contributed by atoms with Gasteiger partial charge in [-0.3, -0.25) is 0 Å². The second-order valence-electron chi connectivity index (χ2n) is 17.5. The topological polar surface area (TPSA) is 145 Å². The third-order valence-corrected chi connectivity index (χ3v) is 9.97. The molecule has 0 radical (unpaired) electrons. The summed E-state index contributed by atoms with van der Waals surface area (Å²) in [6.07, 6.45) is 9.06. The molecule has 2 fully saturated rings. The Bertz CT molecular complexity index is 1520. The van der Waals surface area contributed by atoms with Gasteiger partial charge in [-0.2, -0.15) is 9.90 Å². The maximum absolute atomic E-state index is 14.1. The Morgan fingerprint density at radius 3 is 1.91 bits per heavy atom. The summed E-state index contributed by atoms with van der Waals surface area (Å²) < 4.78 is 3.44. The minimum atomic E-state index is -0.694. The predicted molar refractivity (Wildman–Crippen MR) is 180 cm³/mol. The number of aliphatic imine (C=N–C) groups is 1. The van der Waals surface area contributed by atoms with E-state index in [1.165, 1.54) is 4.57 Å². The molecule has 4 atom stereocenters. The molecule has 0 spiro atoms. The number of hydrogen-bond donors (Lipinski definition) is 1. The molecule has 1 N–H and O–H groups in total. The number of nitroso groups, excluding NO2 is 1. The van der Waals surface area contributed by atoms with Gasteiger partial charge in [0.1, 0.15) is 0 Å². The van der Waals surface area contributed by atoms with Crippen molar-refractivity contribution in [2.24, 2.45) is 37.2 Å². The van der Waals surface area contributed by atoms with E-state index in [1.54, 1.807) is 12.2 Å². The van der Waals surface area contributed by atoms with Gasteiger partial charge >= 0.3 is 17.1 Å². The SMILES string of the molecule is CCCC(C)(C)C/C(=C\CCn1c(=O)n(CC2(C)CC(O)CC(C)(C)C2)c(=O)n(CC2(C)CC(N=O)CC(C)(C)C2)c1=O)N=C=O. The number of allylic oxidation sites excluding steroid dienone is 2. The molecular formula is C35H57N5O6. The Morgan fingerprint density at radius 2 is 1.41 bits per heavy atom. The van der Waals surface area contributed by atoms with E-state index < -0.39 is 40.0 Å². The van der Waals surface area contributed by atoms with Gasteiger partial charge in [0.25, 0.3) is 0 Å². The first-order valence-corrected chi connectivity index (χ1v) is 16.9. The second-order valence-corrected chi connectivity index (χ2v) is 17.5. The zero-order valence-corrected chi connectivity index (χ0v) is 29.6. The highest BCUT2D eigenvalue weighted by Crippen LogP contribution is 2.48. The fourth-order valence-corrected chi connectivity index (χ4v) is 9.21. The van der Waals surface area contributed by atoms with Crippen molar-refractivity contribution in [3.63, 3.8) is 0 Å². The van der Waals surface area contributed by atoms with E-state index in [-0.39, 0.29) is 42.3 Å². The van der Waals surface area contributed by atoms with Crippen molar-refractivity contribution in [3.05, 3.63) is 48.1 Å². The Kier molecular flexibility index (Phi) is 11.5. The summed E-state index contributed by atoms with van der Waals surface area (Å²) in [6, 6.07) is -0.429. The van der Waals surface area contributed by atoms with Crippen molar-refractivity contribution < 1.29 is 9.90 Å². The second kappa shape index (κ2) is 14.1. The summed E-state index contributed by atoms with van der Waals surface area (Å²) in [4.78, 5) is 68.9. The molecule has 1 heterocycles. The molecule has 258 valence electrons. The largest absolute Gasteiger partial charge is 0.393 e. The Balaban J connectivity index is 2.11. The highest BCUT2D eigenvalue weighted by Gasteiger charge is 2.44. The minimum absolute atomic E-state index is 0.00438. The van der Waals surface area contributed by atoms with Crippen LogP contribution in [0, 0.1) is 32.0 Å². The van der Waals surface area contributed by atoms with Crippen LogP contribution in [0.2, 0.25) is 0 Å². The molecule has 3 rings (SSSR count). The Labute approximate surface area is 273 Å². The molecule has 4 unspecified atom stereocenters. The normalized spacial score (nSPS) is 28.0. The molecule has 0 aromatic carbocycles.